The molecule has 0 fully saturated rings. The minimum atomic E-state index is -1.64. The Balaban J connectivity index is 2.98. The highest BCUT2D eigenvalue weighted by atomic mass is 16.5. The molecule has 21 heavy (non-hydrogen) atoms. The Morgan fingerprint density at radius 2 is 2.00 bits per heavy atom. The van der Waals surface area contributed by atoms with Gasteiger partial charge in [-0.15, -0.1) is 0 Å². The van der Waals surface area contributed by atoms with Crippen LogP contribution < -0.4 is 27.1 Å². The molecule has 7 N–H and O–H groups in total. The van der Waals surface area contributed by atoms with Crippen molar-refractivity contribution in [2.75, 3.05) is 18.5 Å². The minimum Gasteiger partial charge on any atom is -0.493 e. The van der Waals surface area contributed by atoms with Gasteiger partial charge in [-0.25, -0.2) is 10.6 Å². The van der Waals surface area contributed by atoms with Crippen molar-refractivity contribution in [3.63, 3.8) is 0 Å². The molecule has 1 aromatic rings. The van der Waals surface area contributed by atoms with Crippen molar-refractivity contribution in [2.45, 2.75) is 6.42 Å². The number of anilines is 1. The lowest BCUT2D eigenvalue weighted by Crippen LogP contribution is -2.30. The first-order chi connectivity index (χ1) is 9.99. The van der Waals surface area contributed by atoms with Gasteiger partial charge in [0.25, 0.3) is 5.91 Å². The van der Waals surface area contributed by atoms with Crippen molar-refractivity contribution in [3.05, 3.63) is 23.8 Å². The van der Waals surface area contributed by atoms with Gasteiger partial charge in [-0.3, -0.25) is 15.0 Å². The van der Waals surface area contributed by atoms with Crippen LogP contribution in [0.4, 0.5) is 5.69 Å². The van der Waals surface area contributed by atoms with Crippen LogP contribution in [0.25, 0.3) is 0 Å². The number of carboxylic acid groups (broad SMARTS) is 1. The number of carbonyl (C=O) groups excluding carboxylic acids is 2. The number of benzene rings is 1. The van der Waals surface area contributed by atoms with E-state index in [2.05, 4.69) is 5.32 Å². The molecule has 2 amide bonds. The maximum absolute atomic E-state index is 11.7. The van der Waals surface area contributed by atoms with Gasteiger partial charge >= 0.3 is 11.9 Å². The molecule has 0 heterocycles. The Labute approximate surface area is 120 Å². The van der Waals surface area contributed by atoms with Gasteiger partial charge in [-0.05, 0) is 31.2 Å². The molecular weight excluding hydrogens is 280 g/mol. The van der Waals surface area contributed by atoms with Crippen molar-refractivity contribution < 1.29 is 24.2 Å². The summed E-state index contributed by atoms with van der Waals surface area (Å²) in [7, 11) is 0. The van der Waals surface area contributed by atoms with Gasteiger partial charge in [0.05, 0.1) is 12.2 Å². The first-order valence-electron chi connectivity index (χ1n) is 6.01. The zero-order chi connectivity index (χ0) is 15.8. The zero-order valence-corrected chi connectivity index (χ0v) is 11.1. The summed E-state index contributed by atoms with van der Waals surface area (Å²) in [5.41, 5.74) is 7.48. The van der Waals surface area contributed by atoms with Crippen LogP contribution in [0.3, 0.4) is 0 Å². The number of hydrogen-bond acceptors (Lipinski definition) is 6. The molecule has 0 spiro atoms. The van der Waals surface area contributed by atoms with Gasteiger partial charge in [0.1, 0.15) is 5.75 Å². The molecule has 0 aromatic heterocycles. The van der Waals surface area contributed by atoms with Gasteiger partial charge < -0.3 is 20.9 Å². The number of rotatable bonds is 6. The zero-order valence-electron chi connectivity index (χ0n) is 11.1. The maximum Gasteiger partial charge on any atom is 0.394 e. The van der Waals surface area contributed by atoms with Crippen LogP contribution in [0.1, 0.15) is 16.8 Å². The van der Waals surface area contributed by atoms with E-state index in [0.717, 1.165) is 0 Å². The Bertz CT molecular complexity index is 546. The fraction of sp³-hybridized carbons (Fsp3) is 0.250. The number of carbonyl (C=O) groups is 3. The smallest absolute Gasteiger partial charge is 0.394 e. The summed E-state index contributed by atoms with van der Waals surface area (Å²) in [4.78, 5) is 33.2. The van der Waals surface area contributed by atoms with Crippen molar-refractivity contribution >= 4 is 23.5 Å². The summed E-state index contributed by atoms with van der Waals surface area (Å²) in [5.74, 6) is 1.83. The van der Waals surface area contributed by atoms with Crippen LogP contribution in [0.2, 0.25) is 0 Å². The molecule has 1 aromatic carbocycles. The predicted molar refractivity (Wildman–Crippen MR) is 73.5 cm³/mol. The molecule has 0 aliphatic heterocycles. The Morgan fingerprint density at radius 3 is 2.57 bits per heavy atom. The third-order valence-electron chi connectivity index (χ3n) is 2.41. The van der Waals surface area contributed by atoms with E-state index in [4.69, 9.17) is 21.4 Å². The van der Waals surface area contributed by atoms with Crippen molar-refractivity contribution in [1.29, 1.82) is 0 Å². The molecule has 1 rings (SSSR count). The first-order valence-corrected chi connectivity index (χ1v) is 6.01. The van der Waals surface area contributed by atoms with Crippen LogP contribution >= 0.6 is 0 Å². The lowest BCUT2D eigenvalue weighted by molar-refractivity contribution is -0.147. The quantitative estimate of drug-likeness (QED) is 0.149. The maximum atomic E-state index is 11.7. The van der Waals surface area contributed by atoms with Crippen LogP contribution in [0.15, 0.2) is 18.2 Å². The average Bonchev–Trinajstić information content (AvgIpc) is 2.47. The van der Waals surface area contributed by atoms with E-state index in [9.17, 15) is 14.4 Å². The molecule has 0 aliphatic carbocycles. The molecule has 0 atom stereocenters. The van der Waals surface area contributed by atoms with Crippen molar-refractivity contribution in [2.24, 2.45) is 11.6 Å². The number of hydrogen-bond donors (Lipinski definition) is 5. The Morgan fingerprint density at radius 1 is 1.29 bits per heavy atom. The summed E-state index contributed by atoms with van der Waals surface area (Å²) < 4.78 is 5.38. The number of nitrogen functional groups attached to an aromatic ring is 1. The summed E-state index contributed by atoms with van der Waals surface area (Å²) >= 11 is 0. The van der Waals surface area contributed by atoms with Crippen LogP contribution in [0.5, 0.6) is 5.75 Å². The molecule has 0 bridgehead atoms. The predicted octanol–water partition coefficient (Wildman–Crippen LogP) is -0.959. The summed E-state index contributed by atoms with van der Waals surface area (Å²) in [6.07, 6.45) is 0.598. The highest BCUT2D eigenvalue weighted by Gasteiger charge is 2.16. The van der Waals surface area contributed by atoms with E-state index in [1.54, 1.807) is 0 Å². The second kappa shape index (κ2) is 7.82. The molecule has 0 saturated carbocycles. The van der Waals surface area contributed by atoms with Gasteiger partial charge in [0, 0.05) is 5.69 Å². The van der Waals surface area contributed by atoms with E-state index >= 15 is 0 Å². The highest BCUT2D eigenvalue weighted by Crippen LogP contribution is 2.23. The lowest BCUT2D eigenvalue weighted by Gasteiger charge is -2.12. The third-order valence-corrected chi connectivity index (χ3v) is 2.41. The summed E-state index contributed by atoms with van der Waals surface area (Å²) in [6, 6.07) is 4.10. The van der Waals surface area contributed by atoms with Gasteiger partial charge in [-0.1, -0.05) is 0 Å². The normalized spacial score (nSPS) is 9.81. The SMILES string of the molecule is NCCCOc1ccc(NC(=O)C(=O)O)cc1C(=O)NN. The first kappa shape index (κ1) is 16.4. The topological polar surface area (TPSA) is 157 Å². The highest BCUT2D eigenvalue weighted by molar-refractivity contribution is 6.36. The number of aliphatic carboxylic acids is 1. The van der Waals surface area contributed by atoms with Gasteiger partial charge in [0.15, 0.2) is 0 Å². The molecule has 0 unspecified atom stereocenters. The van der Waals surface area contributed by atoms with E-state index in [1.807, 2.05) is 5.43 Å². The Hall–Kier alpha value is -2.65. The minimum absolute atomic E-state index is 0.0673. The largest absolute Gasteiger partial charge is 0.493 e. The fourth-order valence-corrected chi connectivity index (χ4v) is 1.44. The molecule has 0 aliphatic rings. The molecule has 9 heteroatoms. The fourth-order valence-electron chi connectivity index (χ4n) is 1.44. The number of nitrogens with one attached hydrogen (secondary N) is 2. The molecule has 114 valence electrons. The summed E-state index contributed by atoms with van der Waals surface area (Å²) in [6.45, 7) is 0.743. The number of hydrazine groups is 1. The van der Waals surface area contributed by atoms with E-state index in [-0.39, 0.29) is 17.0 Å². The molecule has 0 radical (unpaired) electrons. The molecule has 0 saturated heterocycles. The van der Waals surface area contributed by atoms with Crippen LogP contribution in [0, 0.1) is 0 Å². The second-order valence-electron chi connectivity index (χ2n) is 3.93. The van der Waals surface area contributed by atoms with E-state index in [1.165, 1.54) is 18.2 Å². The lowest BCUT2D eigenvalue weighted by atomic mass is 10.1. The second-order valence-corrected chi connectivity index (χ2v) is 3.93. The standard InChI is InChI=1S/C12H16N4O5/c13-4-1-5-21-9-3-2-7(15-11(18)12(19)20)6-8(9)10(17)16-14/h2-3,6H,1,4-5,13-14H2,(H,15,18)(H,16,17)(H,19,20). The third kappa shape index (κ3) is 4.75. The number of ether oxygens (including phenoxy) is 1. The summed E-state index contributed by atoms with van der Waals surface area (Å²) in [5, 5.41) is 10.6. The molecular formula is C12H16N4O5. The molecule has 9 nitrogen and oxygen atoms in total. The van der Waals surface area contributed by atoms with Crippen LogP contribution in [-0.2, 0) is 9.59 Å². The van der Waals surface area contributed by atoms with Crippen molar-refractivity contribution in [1.82, 2.24) is 5.43 Å². The number of nitrogens with two attached hydrogens (primary N) is 2. The average molecular weight is 296 g/mol. The van der Waals surface area contributed by atoms with Gasteiger partial charge in [0.2, 0.25) is 0 Å². The van der Waals surface area contributed by atoms with E-state index in [0.29, 0.717) is 19.6 Å². The van der Waals surface area contributed by atoms with Crippen LogP contribution in [-0.4, -0.2) is 36.0 Å². The Kier molecular flexibility index (Phi) is 6.11. The van der Waals surface area contributed by atoms with Gasteiger partial charge in [-0.2, -0.15) is 0 Å². The van der Waals surface area contributed by atoms with E-state index < -0.39 is 17.8 Å². The van der Waals surface area contributed by atoms with Crippen molar-refractivity contribution in [3.8, 4) is 5.75 Å². The number of amides is 2. The number of carboxylic acids is 1. The monoisotopic (exact) mass is 296 g/mol.